The Morgan fingerprint density at radius 3 is 2.19 bits per heavy atom. The molecule has 1 N–H and O–H groups in total. The van der Waals surface area contributed by atoms with E-state index in [0.29, 0.717) is 13.0 Å². The molecule has 0 aromatic heterocycles. The van der Waals surface area contributed by atoms with Crippen LogP contribution in [0.15, 0.2) is 54.6 Å². The molecule has 0 unspecified atom stereocenters. The quantitative estimate of drug-likeness (QED) is 0.584. The number of rotatable bonds is 10. The summed E-state index contributed by atoms with van der Waals surface area (Å²) in [6, 6.07) is 15.0. The molecule has 0 bridgehead atoms. The van der Waals surface area contributed by atoms with Gasteiger partial charge in [-0.1, -0.05) is 61.0 Å². The number of halogens is 1. The molecule has 0 aliphatic heterocycles. The maximum absolute atomic E-state index is 13.4. The van der Waals surface area contributed by atoms with Crippen molar-refractivity contribution in [2.24, 2.45) is 0 Å². The summed E-state index contributed by atoms with van der Waals surface area (Å²) in [6.45, 7) is 3.75. The summed E-state index contributed by atoms with van der Waals surface area (Å²) in [5.41, 5.74) is 1.05. The van der Waals surface area contributed by atoms with Crippen molar-refractivity contribution < 1.29 is 18.0 Å². The second-order valence-corrected chi connectivity index (χ2v) is 9.36. The van der Waals surface area contributed by atoms with Crippen molar-refractivity contribution in [1.82, 2.24) is 10.2 Å². The fourth-order valence-corrected chi connectivity index (χ4v) is 4.39. The van der Waals surface area contributed by atoms with E-state index < -0.39 is 28.5 Å². The molecule has 1 atom stereocenters. The fraction of sp³-hybridized carbons (Fsp3) is 0.364. The molecule has 0 saturated heterocycles. The third-order valence-corrected chi connectivity index (χ3v) is 6.18. The molecular formula is C22H28ClN3O4S. The second-order valence-electron chi connectivity index (χ2n) is 7.05. The average molecular weight is 466 g/mol. The highest BCUT2D eigenvalue weighted by atomic mass is 35.5. The van der Waals surface area contributed by atoms with E-state index in [1.807, 2.05) is 37.3 Å². The lowest BCUT2D eigenvalue weighted by atomic mass is 10.1. The highest BCUT2D eigenvalue weighted by molar-refractivity contribution is 7.92. The van der Waals surface area contributed by atoms with Crippen molar-refractivity contribution in [2.75, 3.05) is 23.7 Å². The standard InChI is InChI=1S/C22H28ClN3O4S/c1-4-19(22(28)24-5-2)25(15-17-11-7-6-8-12-17)21(27)16-26(31(3,29)30)20-14-10-9-13-18(20)23/h6-14,19H,4-5,15-16H2,1-3H3,(H,24,28)/t19-/m1/s1. The van der Waals surface area contributed by atoms with Crippen molar-refractivity contribution in [2.45, 2.75) is 32.9 Å². The zero-order valence-corrected chi connectivity index (χ0v) is 19.5. The first-order valence-electron chi connectivity index (χ1n) is 10.0. The number of hydrogen-bond acceptors (Lipinski definition) is 4. The molecule has 2 amide bonds. The van der Waals surface area contributed by atoms with Crippen molar-refractivity contribution in [3.63, 3.8) is 0 Å². The number of para-hydroxylation sites is 1. The largest absolute Gasteiger partial charge is 0.355 e. The van der Waals surface area contributed by atoms with E-state index in [0.717, 1.165) is 16.1 Å². The molecule has 31 heavy (non-hydrogen) atoms. The van der Waals surface area contributed by atoms with E-state index in [2.05, 4.69) is 5.32 Å². The van der Waals surface area contributed by atoms with E-state index in [-0.39, 0.29) is 23.2 Å². The molecule has 0 aliphatic rings. The van der Waals surface area contributed by atoms with Gasteiger partial charge in [0.1, 0.15) is 12.6 Å². The van der Waals surface area contributed by atoms with Crippen LogP contribution in [0.25, 0.3) is 0 Å². The summed E-state index contributed by atoms with van der Waals surface area (Å²) in [6.07, 6.45) is 1.40. The molecule has 168 valence electrons. The monoisotopic (exact) mass is 465 g/mol. The van der Waals surface area contributed by atoms with Crippen LogP contribution in [0.4, 0.5) is 5.69 Å². The first-order chi connectivity index (χ1) is 14.7. The summed E-state index contributed by atoms with van der Waals surface area (Å²) < 4.78 is 26.0. The van der Waals surface area contributed by atoms with Crippen LogP contribution in [0.5, 0.6) is 0 Å². The van der Waals surface area contributed by atoms with Gasteiger partial charge in [0.25, 0.3) is 0 Å². The number of sulfonamides is 1. The molecular weight excluding hydrogens is 438 g/mol. The second kappa shape index (κ2) is 11.2. The number of carbonyl (C=O) groups excluding carboxylic acids is 2. The number of likely N-dealkylation sites (N-methyl/N-ethyl adjacent to an activating group) is 1. The third-order valence-electron chi connectivity index (χ3n) is 4.73. The number of benzene rings is 2. The molecule has 7 nitrogen and oxygen atoms in total. The maximum Gasteiger partial charge on any atom is 0.244 e. The smallest absolute Gasteiger partial charge is 0.244 e. The highest BCUT2D eigenvalue weighted by Crippen LogP contribution is 2.27. The zero-order valence-electron chi connectivity index (χ0n) is 17.9. The van der Waals surface area contributed by atoms with Gasteiger partial charge in [0.05, 0.1) is 17.0 Å². The Hall–Kier alpha value is -2.58. The Labute approximate surface area is 189 Å². The number of nitrogens with one attached hydrogen (secondary N) is 1. The first kappa shape index (κ1) is 24.7. The summed E-state index contributed by atoms with van der Waals surface area (Å²) in [7, 11) is -3.80. The van der Waals surface area contributed by atoms with Crippen LogP contribution in [0.1, 0.15) is 25.8 Å². The Morgan fingerprint density at radius 2 is 1.65 bits per heavy atom. The van der Waals surface area contributed by atoms with Gasteiger partial charge >= 0.3 is 0 Å². The van der Waals surface area contributed by atoms with Crippen LogP contribution >= 0.6 is 11.6 Å². The lowest BCUT2D eigenvalue weighted by Crippen LogP contribution is -2.52. The van der Waals surface area contributed by atoms with Gasteiger partial charge in [-0.15, -0.1) is 0 Å². The summed E-state index contributed by atoms with van der Waals surface area (Å²) in [5, 5.41) is 2.97. The maximum atomic E-state index is 13.4. The van der Waals surface area contributed by atoms with Gasteiger partial charge in [-0.25, -0.2) is 8.42 Å². The topological polar surface area (TPSA) is 86.8 Å². The molecule has 0 spiro atoms. The van der Waals surface area contributed by atoms with Crippen molar-refractivity contribution in [3.05, 3.63) is 65.2 Å². The number of nitrogens with zero attached hydrogens (tertiary/aromatic N) is 2. The molecule has 2 aromatic rings. The van der Waals surface area contributed by atoms with Crippen LogP contribution in [-0.2, 0) is 26.2 Å². The molecule has 0 heterocycles. The van der Waals surface area contributed by atoms with Crippen LogP contribution in [0.2, 0.25) is 5.02 Å². The minimum Gasteiger partial charge on any atom is -0.355 e. The number of amides is 2. The van der Waals surface area contributed by atoms with Crippen molar-refractivity contribution in [3.8, 4) is 0 Å². The lowest BCUT2D eigenvalue weighted by Gasteiger charge is -2.33. The molecule has 2 rings (SSSR count). The van der Waals surface area contributed by atoms with Crippen LogP contribution in [0, 0.1) is 0 Å². The first-order valence-corrected chi connectivity index (χ1v) is 12.2. The average Bonchev–Trinajstić information content (AvgIpc) is 2.72. The van der Waals surface area contributed by atoms with E-state index >= 15 is 0 Å². The third kappa shape index (κ3) is 6.70. The van der Waals surface area contributed by atoms with Crippen LogP contribution in [0.3, 0.4) is 0 Å². The highest BCUT2D eigenvalue weighted by Gasteiger charge is 2.31. The number of carbonyl (C=O) groups is 2. The minimum atomic E-state index is -3.80. The zero-order chi connectivity index (χ0) is 23.0. The molecule has 0 fully saturated rings. The van der Waals surface area contributed by atoms with Gasteiger partial charge in [-0.2, -0.15) is 0 Å². The fourth-order valence-electron chi connectivity index (χ4n) is 3.24. The SMILES string of the molecule is CCNC(=O)[C@@H](CC)N(Cc1ccccc1)C(=O)CN(c1ccccc1Cl)S(C)(=O)=O. The Balaban J connectivity index is 2.42. The van der Waals surface area contributed by atoms with E-state index in [9.17, 15) is 18.0 Å². The molecule has 9 heteroatoms. The summed E-state index contributed by atoms with van der Waals surface area (Å²) in [4.78, 5) is 27.5. The van der Waals surface area contributed by atoms with Gasteiger partial charge < -0.3 is 10.2 Å². The van der Waals surface area contributed by atoms with E-state index in [1.54, 1.807) is 31.2 Å². The Kier molecular flexibility index (Phi) is 8.88. The number of anilines is 1. The van der Waals surface area contributed by atoms with Crippen LogP contribution < -0.4 is 9.62 Å². The van der Waals surface area contributed by atoms with Crippen LogP contribution in [-0.4, -0.2) is 50.5 Å². The lowest BCUT2D eigenvalue weighted by molar-refractivity contribution is -0.140. The summed E-state index contributed by atoms with van der Waals surface area (Å²) in [5.74, 6) is -0.773. The predicted molar refractivity (Wildman–Crippen MR) is 123 cm³/mol. The Morgan fingerprint density at radius 1 is 1.03 bits per heavy atom. The molecule has 0 aliphatic carbocycles. The Bertz CT molecular complexity index is 999. The molecule has 0 saturated carbocycles. The van der Waals surface area contributed by atoms with E-state index in [4.69, 9.17) is 11.6 Å². The van der Waals surface area contributed by atoms with Crippen molar-refractivity contribution in [1.29, 1.82) is 0 Å². The minimum absolute atomic E-state index is 0.176. The van der Waals surface area contributed by atoms with Gasteiger partial charge in [-0.05, 0) is 31.0 Å². The number of hydrogen-bond donors (Lipinski definition) is 1. The molecule has 2 aromatic carbocycles. The van der Waals surface area contributed by atoms with Gasteiger partial charge in [0.15, 0.2) is 0 Å². The normalized spacial score (nSPS) is 12.1. The van der Waals surface area contributed by atoms with Gasteiger partial charge in [0, 0.05) is 13.1 Å². The molecule has 0 radical (unpaired) electrons. The van der Waals surface area contributed by atoms with Gasteiger partial charge in [0.2, 0.25) is 21.8 Å². The predicted octanol–water partition coefficient (Wildman–Crippen LogP) is 3.05. The summed E-state index contributed by atoms with van der Waals surface area (Å²) >= 11 is 6.20. The van der Waals surface area contributed by atoms with Gasteiger partial charge in [-0.3, -0.25) is 13.9 Å². The van der Waals surface area contributed by atoms with Crippen molar-refractivity contribution >= 4 is 39.1 Å². The van der Waals surface area contributed by atoms with E-state index in [1.165, 1.54) is 4.90 Å².